The Hall–Kier alpha value is -3.97. The first-order chi connectivity index (χ1) is 18.3. The zero-order chi connectivity index (χ0) is 26.8. The molecule has 0 spiro atoms. The zero-order valence-corrected chi connectivity index (χ0v) is 21.6. The number of carbonyl (C=O) groups is 4. The van der Waals surface area contributed by atoms with E-state index in [2.05, 4.69) is 17.4 Å². The molecule has 1 aliphatic heterocycles. The monoisotopic (exact) mass is 530 g/mol. The molecule has 2 aliphatic rings. The molecule has 5 rings (SSSR count). The molecule has 1 heterocycles. The highest BCUT2D eigenvalue weighted by molar-refractivity contribution is 6.31. The Kier molecular flexibility index (Phi) is 7.29. The van der Waals surface area contributed by atoms with Gasteiger partial charge in [0.25, 0.3) is 5.91 Å². The molecule has 8 heteroatoms. The molecule has 3 aromatic carbocycles. The quantitative estimate of drug-likeness (QED) is 0.335. The Labute approximate surface area is 225 Å². The summed E-state index contributed by atoms with van der Waals surface area (Å²) >= 11 is 6.08. The summed E-state index contributed by atoms with van der Waals surface area (Å²) in [4.78, 5) is 52.8. The molecule has 1 N–H and O–H groups in total. The fraction of sp³-hybridized carbons (Fsp3) is 0.267. The Bertz CT molecular complexity index is 1410. The molecular formula is C30H27ClN2O5. The fourth-order valence-electron chi connectivity index (χ4n) is 5.38. The lowest BCUT2D eigenvalue weighted by Gasteiger charge is -2.28. The van der Waals surface area contributed by atoms with Crippen LogP contribution in [0.4, 0.5) is 11.4 Å². The summed E-state index contributed by atoms with van der Waals surface area (Å²) in [6.45, 7) is 1.27. The van der Waals surface area contributed by atoms with E-state index in [4.69, 9.17) is 16.3 Å². The predicted octanol–water partition coefficient (Wildman–Crippen LogP) is 5.52. The van der Waals surface area contributed by atoms with Gasteiger partial charge in [-0.05, 0) is 73.6 Å². The van der Waals surface area contributed by atoms with E-state index in [1.807, 2.05) is 18.2 Å². The standard InChI is InChI=1S/C30H27ClN2O5/c1-18-25(31)11-6-12-26(18)32-27(34)17-38-30(37)21-9-5-10-22(15-21)33-28(35)23-14-13-20(16-24(23)29(33)36)19-7-3-2-4-8-19/h2-12,15,20,23-24H,13-14,16-17H2,1H3,(H,32,34)/t20-,23-,24-/m1/s1. The van der Waals surface area contributed by atoms with Gasteiger partial charge < -0.3 is 10.1 Å². The van der Waals surface area contributed by atoms with Crippen molar-refractivity contribution in [3.8, 4) is 0 Å². The Morgan fingerprint density at radius 2 is 1.68 bits per heavy atom. The number of hydrogen-bond donors (Lipinski definition) is 1. The number of esters is 1. The first-order valence-corrected chi connectivity index (χ1v) is 13.0. The lowest BCUT2D eigenvalue weighted by atomic mass is 9.73. The predicted molar refractivity (Wildman–Crippen MR) is 144 cm³/mol. The second-order valence-electron chi connectivity index (χ2n) is 9.73. The Balaban J connectivity index is 1.25. The number of fused-ring (bicyclic) bond motifs is 1. The minimum absolute atomic E-state index is 0.145. The lowest BCUT2D eigenvalue weighted by Crippen LogP contribution is -2.31. The highest BCUT2D eigenvalue weighted by Gasteiger charge is 2.50. The van der Waals surface area contributed by atoms with Crippen molar-refractivity contribution >= 4 is 46.7 Å². The number of anilines is 2. The van der Waals surface area contributed by atoms with Crippen LogP contribution in [0.15, 0.2) is 72.8 Å². The number of hydrogen-bond acceptors (Lipinski definition) is 5. The molecule has 1 saturated heterocycles. The summed E-state index contributed by atoms with van der Waals surface area (Å²) in [5, 5.41) is 3.18. The number of imide groups is 1. The van der Waals surface area contributed by atoms with Crippen molar-refractivity contribution in [1.82, 2.24) is 0 Å². The average Bonchev–Trinajstić information content (AvgIpc) is 3.19. The highest BCUT2D eigenvalue weighted by Crippen LogP contribution is 2.45. The molecule has 0 aromatic heterocycles. The minimum Gasteiger partial charge on any atom is -0.452 e. The number of nitrogens with zero attached hydrogens (tertiary/aromatic N) is 1. The molecule has 2 fully saturated rings. The van der Waals surface area contributed by atoms with E-state index in [0.29, 0.717) is 34.8 Å². The van der Waals surface area contributed by atoms with E-state index in [0.717, 1.165) is 6.42 Å². The third-order valence-corrected chi connectivity index (χ3v) is 7.82. The Morgan fingerprint density at radius 3 is 2.47 bits per heavy atom. The number of benzene rings is 3. The van der Waals surface area contributed by atoms with E-state index >= 15 is 0 Å². The van der Waals surface area contributed by atoms with Gasteiger partial charge in [-0.3, -0.25) is 19.3 Å². The summed E-state index contributed by atoms with van der Waals surface area (Å²) < 4.78 is 5.19. The zero-order valence-electron chi connectivity index (χ0n) is 20.9. The van der Waals surface area contributed by atoms with Crippen LogP contribution in [0.2, 0.25) is 5.02 Å². The molecule has 7 nitrogen and oxygen atoms in total. The van der Waals surface area contributed by atoms with Gasteiger partial charge in [0.1, 0.15) is 0 Å². The van der Waals surface area contributed by atoms with Gasteiger partial charge in [0.15, 0.2) is 6.61 Å². The van der Waals surface area contributed by atoms with Crippen LogP contribution in [0.25, 0.3) is 0 Å². The van der Waals surface area contributed by atoms with Gasteiger partial charge in [0.05, 0.1) is 23.1 Å². The number of carbonyl (C=O) groups excluding carboxylic acids is 4. The van der Waals surface area contributed by atoms with Crippen molar-refractivity contribution in [3.63, 3.8) is 0 Å². The molecule has 1 aliphatic carbocycles. The maximum absolute atomic E-state index is 13.4. The van der Waals surface area contributed by atoms with Gasteiger partial charge in [-0.1, -0.05) is 54.1 Å². The van der Waals surface area contributed by atoms with Crippen molar-refractivity contribution in [2.75, 3.05) is 16.8 Å². The minimum atomic E-state index is -0.731. The van der Waals surface area contributed by atoms with Crippen molar-refractivity contribution < 1.29 is 23.9 Å². The van der Waals surface area contributed by atoms with E-state index in [1.165, 1.54) is 22.6 Å². The molecule has 0 radical (unpaired) electrons. The van der Waals surface area contributed by atoms with Crippen LogP contribution in [-0.4, -0.2) is 30.3 Å². The molecular weight excluding hydrogens is 504 g/mol. The summed E-state index contributed by atoms with van der Waals surface area (Å²) in [5.41, 5.74) is 2.90. The number of rotatable bonds is 6. The van der Waals surface area contributed by atoms with Crippen LogP contribution in [0.3, 0.4) is 0 Å². The van der Waals surface area contributed by atoms with Gasteiger partial charge in [-0.15, -0.1) is 0 Å². The van der Waals surface area contributed by atoms with Gasteiger partial charge in [-0.2, -0.15) is 0 Å². The molecule has 38 heavy (non-hydrogen) atoms. The SMILES string of the molecule is Cc1c(Cl)cccc1NC(=O)COC(=O)c1cccc(N2C(=O)[C@@H]3CC[C@@H](c4ccccc4)C[C@H]3C2=O)c1. The van der Waals surface area contributed by atoms with Crippen LogP contribution < -0.4 is 10.2 Å². The van der Waals surface area contributed by atoms with Gasteiger partial charge in [-0.25, -0.2) is 4.79 Å². The van der Waals surface area contributed by atoms with Crippen molar-refractivity contribution in [1.29, 1.82) is 0 Å². The van der Waals surface area contributed by atoms with Crippen LogP contribution in [0.5, 0.6) is 0 Å². The molecule has 1 saturated carbocycles. The molecule has 3 atom stereocenters. The van der Waals surface area contributed by atoms with Crippen LogP contribution >= 0.6 is 11.6 Å². The third-order valence-electron chi connectivity index (χ3n) is 7.41. The van der Waals surface area contributed by atoms with E-state index in [-0.39, 0.29) is 35.1 Å². The number of amides is 3. The fourth-order valence-corrected chi connectivity index (χ4v) is 5.55. The Morgan fingerprint density at radius 1 is 0.947 bits per heavy atom. The van der Waals surface area contributed by atoms with Gasteiger partial charge in [0.2, 0.25) is 11.8 Å². The maximum Gasteiger partial charge on any atom is 0.338 e. The molecule has 3 aromatic rings. The number of ether oxygens (including phenoxy) is 1. The molecule has 0 bridgehead atoms. The number of nitrogens with one attached hydrogen (secondary N) is 1. The summed E-state index contributed by atoms with van der Waals surface area (Å²) in [6, 6.07) is 21.4. The van der Waals surface area contributed by atoms with Gasteiger partial charge >= 0.3 is 5.97 Å². The van der Waals surface area contributed by atoms with Gasteiger partial charge in [0, 0.05) is 10.7 Å². The van der Waals surface area contributed by atoms with Crippen molar-refractivity contribution in [2.24, 2.45) is 11.8 Å². The van der Waals surface area contributed by atoms with E-state index in [1.54, 1.807) is 37.3 Å². The van der Waals surface area contributed by atoms with Crippen molar-refractivity contribution in [2.45, 2.75) is 32.1 Å². The molecule has 0 unspecified atom stereocenters. The summed E-state index contributed by atoms with van der Waals surface area (Å²) in [5.74, 6) is -2.20. The second kappa shape index (κ2) is 10.8. The number of halogens is 1. The van der Waals surface area contributed by atoms with E-state index < -0.39 is 18.5 Å². The average molecular weight is 531 g/mol. The second-order valence-corrected chi connectivity index (χ2v) is 10.1. The maximum atomic E-state index is 13.4. The largest absolute Gasteiger partial charge is 0.452 e. The van der Waals surface area contributed by atoms with Crippen molar-refractivity contribution in [3.05, 3.63) is 94.5 Å². The first-order valence-electron chi connectivity index (χ1n) is 12.6. The topological polar surface area (TPSA) is 92.8 Å². The highest BCUT2D eigenvalue weighted by atomic mass is 35.5. The molecule has 194 valence electrons. The third kappa shape index (κ3) is 5.07. The van der Waals surface area contributed by atoms with Crippen LogP contribution in [-0.2, 0) is 19.1 Å². The molecule has 3 amide bonds. The smallest absolute Gasteiger partial charge is 0.338 e. The lowest BCUT2D eigenvalue weighted by molar-refractivity contribution is -0.122. The van der Waals surface area contributed by atoms with E-state index in [9.17, 15) is 19.2 Å². The summed E-state index contributed by atoms with van der Waals surface area (Å²) in [7, 11) is 0. The first kappa shape index (κ1) is 25.7. The van der Waals surface area contributed by atoms with Crippen LogP contribution in [0, 0.1) is 18.8 Å². The van der Waals surface area contributed by atoms with Crippen LogP contribution in [0.1, 0.15) is 46.7 Å². The normalized spacial score (nSPS) is 20.7. The summed E-state index contributed by atoms with van der Waals surface area (Å²) in [6.07, 6.45) is 2.12.